The van der Waals surface area contributed by atoms with E-state index in [0.29, 0.717) is 5.92 Å². The monoisotopic (exact) mass is 266 g/mol. The Balaban J connectivity index is 1.86. The van der Waals surface area contributed by atoms with Crippen LogP contribution in [0.25, 0.3) is 0 Å². The van der Waals surface area contributed by atoms with E-state index in [0.717, 1.165) is 19.3 Å². The molecule has 0 radical (unpaired) electrons. The van der Waals surface area contributed by atoms with Crippen molar-refractivity contribution in [1.29, 1.82) is 0 Å². The highest BCUT2D eigenvalue weighted by molar-refractivity contribution is 5.05. The summed E-state index contributed by atoms with van der Waals surface area (Å²) in [5, 5.41) is 10.1. The predicted octanol–water partition coefficient (Wildman–Crippen LogP) is 3.04. The number of hydrogen-bond acceptors (Lipinski definition) is 3. The number of aliphatic hydroxyl groups excluding tert-OH is 1. The predicted molar refractivity (Wildman–Crippen MR) is 74.7 cm³/mol. The molecule has 2 fully saturated rings. The molecule has 3 nitrogen and oxygen atoms in total. The lowest BCUT2D eigenvalue weighted by Gasteiger charge is -2.15. The second kappa shape index (κ2) is 7.25. The van der Waals surface area contributed by atoms with Crippen molar-refractivity contribution in [3.05, 3.63) is 17.9 Å². The first-order chi connectivity index (χ1) is 9.26. The first-order valence-corrected chi connectivity index (χ1v) is 7.53. The summed E-state index contributed by atoms with van der Waals surface area (Å²) in [5.41, 5.74) is 3.26. The van der Waals surface area contributed by atoms with Gasteiger partial charge in [0.2, 0.25) is 0 Å². The summed E-state index contributed by atoms with van der Waals surface area (Å²) in [5.74, 6) is 0.559. The minimum Gasteiger partial charge on any atom is -0.392 e. The van der Waals surface area contributed by atoms with Gasteiger partial charge in [0.25, 0.3) is 0 Å². The molecule has 0 aromatic heterocycles. The average molecular weight is 266 g/mol. The lowest BCUT2D eigenvalue weighted by Crippen LogP contribution is -2.19. The van der Waals surface area contributed by atoms with Crippen molar-refractivity contribution >= 4 is 0 Å². The molecule has 108 valence electrons. The molecule has 0 amide bonds. The Kier molecular flexibility index (Phi) is 5.65. The van der Waals surface area contributed by atoms with E-state index in [2.05, 4.69) is 18.7 Å². The summed E-state index contributed by atoms with van der Waals surface area (Å²) < 4.78 is 11.0. The lowest BCUT2D eigenvalue weighted by atomic mass is 9.92. The van der Waals surface area contributed by atoms with Gasteiger partial charge in [0.15, 0.2) is 6.29 Å². The molecule has 1 heterocycles. The van der Waals surface area contributed by atoms with Crippen molar-refractivity contribution in [2.24, 2.45) is 11.8 Å². The van der Waals surface area contributed by atoms with E-state index in [1.165, 1.54) is 19.3 Å². The molecule has 2 rings (SSSR count). The number of unbranched alkanes of at least 4 members (excludes halogenated alkanes) is 3. The summed E-state index contributed by atoms with van der Waals surface area (Å²) in [4.78, 5) is 0. The highest BCUT2D eigenvalue weighted by atomic mass is 16.7. The molecule has 0 bridgehead atoms. The molecule has 5 unspecified atom stereocenters. The molecule has 1 aliphatic heterocycles. The van der Waals surface area contributed by atoms with Crippen LogP contribution in [0.2, 0.25) is 0 Å². The van der Waals surface area contributed by atoms with Crippen LogP contribution >= 0.6 is 0 Å². The normalized spacial score (nSPS) is 36.9. The van der Waals surface area contributed by atoms with E-state index in [-0.39, 0.29) is 24.4 Å². The van der Waals surface area contributed by atoms with Crippen LogP contribution in [0.5, 0.6) is 0 Å². The molecule has 3 heteroatoms. The molecule has 0 spiro atoms. The molecule has 0 aromatic rings. The van der Waals surface area contributed by atoms with E-state index < -0.39 is 0 Å². The van der Waals surface area contributed by atoms with Gasteiger partial charge in [-0.15, -0.1) is 5.73 Å². The zero-order valence-corrected chi connectivity index (χ0v) is 12.0. The first-order valence-electron chi connectivity index (χ1n) is 7.53. The Labute approximate surface area is 116 Å². The molecular formula is C16H26O3. The Hall–Kier alpha value is -0.600. The molecule has 1 aliphatic carbocycles. The van der Waals surface area contributed by atoms with E-state index in [4.69, 9.17) is 9.47 Å². The number of hydrogen-bond donors (Lipinski definition) is 1. The molecule has 1 saturated carbocycles. The smallest absolute Gasteiger partial charge is 0.157 e. The number of aliphatic hydroxyl groups is 1. The van der Waals surface area contributed by atoms with Crippen LogP contribution < -0.4 is 0 Å². The molecule has 0 aromatic carbocycles. The quantitative estimate of drug-likeness (QED) is 0.593. The Morgan fingerprint density at radius 2 is 2.21 bits per heavy atom. The summed E-state index contributed by atoms with van der Waals surface area (Å²) in [6, 6.07) is 0. The van der Waals surface area contributed by atoms with Gasteiger partial charge in [0, 0.05) is 25.9 Å². The van der Waals surface area contributed by atoms with Crippen LogP contribution in [-0.2, 0) is 9.47 Å². The van der Waals surface area contributed by atoms with Crippen molar-refractivity contribution in [3.8, 4) is 0 Å². The van der Waals surface area contributed by atoms with Crippen LogP contribution in [0.15, 0.2) is 17.9 Å². The lowest BCUT2D eigenvalue weighted by molar-refractivity contribution is -0.118. The van der Waals surface area contributed by atoms with Crippen LogP contribution in [0, 0.1) is 11.8 Å². The van der Waals surface area contributed by atoms with Gasteiger partial charge < -0.3 is 14.6 Å². The minimum absolute atomic E-state index is 0.0908. The van der Waals surface area contributed by atoms with E-state index in [9.17, 15) is 5.11 Å². The number of fused-ring (bicyclic) bond motifs is 1. The number of ether oxygens (including phenoxy) is 2. The van der Waals surface area contributed by atoms with Crippen LogP contribution in [0.1, 0.15) is 45.4 Å². The van der Waals surface area contributed by atoms with Crippen LogP contribution in [-0.4, -0.2) is 30.7 Å². The van der Waals surface area contributed by atoms with Crippen molar-refractivity contribution in [3.63, 3.8) is 0 Å². The molecule has 1 saturated heterocycles. The van der Waals surface area contributed by atoms with Crippen LogP contribution in [0.3, 0.4) is 0 Å². The molecule has 2 aliphatic rings. The fraction of sp³-hybridized carbons (Fsp3) is 0.812. The van der Waals surface area contributed by atoms with E-state index >= 15 is 0 Å². The van der Waals surface area contributed by atoms with Gasteiger partial charge in [-0.2, -0.15) is 0 Å². The van der Waals surface area contributed by atoms with E-state index in [1.807, 2.05) is 6.08 Å². The Morgan fingerprint density at radius 3 is 2.95 bits per heavy atom. The number of methoxy groups -OCH3 is 1. The SMILES string of the molecule is CCCCCC=C=CC1C(O)CC2OC(OC)CC21. The summed E-state index contributed by atoms with van der Waals surface area (Å²) in [7, 11) is 1.68. The van der Waals surface area contributed by atoms with Gasteiger partial charge in [0.05, 0.1) is 12.2 Å². The highest BCUT2D eigenvalue weighted by Gasteiger charge is 2.48. The van der Waals surface area contributed by atoms with Crippen molar-refractivity contribution in [1.82, 2.24) is 0 Å². The maximum Gasteiger partial charge on any atom is 0.157 e. The topological polar surface area (TPSA) is 38.7 Å². The zero-order chi connectivity index (χ0) is 13.7. The van der Waals surface area contributed by atoms with Crippen molar-refractivity contribution < 1.29 is 14.6 Å². The zero-order valence-electron chi connectivity index (χ0n) is 12.0. The van der Waals surface area contributed by atoms with Gasteiger partial charge in [-0.05, 0) is 30.9 Å². The van der Waals surface area contributed by atoms with Gasteiger partial charge in [-0.25, -0.2) is 0 Å². The fourth-order valence-corrected chi connectivity index (χ4v) is 3.19. The Morgan fingerprint density at radius 1 is 1.37 bits per heavy atom. The van der Waals surface area contributed by atoms with Crippen molar-refractivity contribution in [2.75, 3.05) is 7.11 Å². The number of rotatable bonds is 6. The second-order valence-electron chi connectivity index (χ2n) is 5.65. The molecule has 5 atom stereocenters. The fourth-order valence-electron chi connectivity index (χ4n) is 3.19. The largest absolute Gasteiger partial charge is 0.392 e. The first kappa shape index (κ1) is 14.8. The summed E-state index contributed by atoms with van der Waals surface area (Å²) in [6.45, 7) is 2.21. The van der Waals surface area contributed by atoms with Crippen molar-refractivity contribution in [2.45, 2.75) is 63.9 Å². The molecule has 1 N–H and O–H groups in total. The summed E-state index contributed by atoms with van der Waals surface area (Å²) >= 11 is 0. The standard InChI is InChI=1S/C16H26O3/c1-3-4-5-6-7-8-9-12-13-10-16(18-2)19-15(13)11-14(12)17/h7,9,12-17H,3-6,10-11H2,1-2H3. The van der Waals surface area contributed by atoms with Gasteiger partial charge in [0.1, 0.15) is 0 Å². The van der Waals surface area contributed by atoms with Gasteiger partial charge >= 0.3 is 0 Å². The van der Waals surface area contributed by atoms with Gasteiger partial charge in [-0.1, -0.05) is 19.8 Å². The average Bonchev–Trinajstić information content (AvgIpc) is 2.91. The third-order valence-electron chi connectivity index (χ3n) is 4.30. The maximum atomic E-state index is 10.1. The molecule has 19 heavy (non-hydrogen) atoms. The molecular weight excluding hydrogens is 240 g/mol. The highest BCUT2D eigenvalue weighted by Crippen LogP contribution is 2.43. The maximum absolute atomic E-state index is 10.1. The second-order valence-corrected chi connectivity index (χ2v) is 5.65. The third kappa shape index (κ3) is 3.70. The van der Waals surface area contributed by atoms with E-state index in [1.54, 1.807) is 7.11 Å². The van der Waals surface area contributed by atoms with Gasteiger partial charge in [-0.3, -0.25) is 0 Å². The van der Waals surface area contributed by atoms with Crippen LogP contribution in [0.4, 0.5) is 0 Å². The Bertz CT molecular complexity index is 333. The third-order valence-corrected chi connectivity index (χ3v) is 4.30. The minimum atomic E-state index is -0.288. The summed E-state index contributed by atoms with van der Waals surface area (Å²) in [6.07, 6.45) is 10.4.